The lowest BCUT2D eigenvalue weighted by Gasteiger charge is -2.18. The molecule has 0 amide bonds. The lowest BCUT2D eigenvalue weighted by atomic mass is 9.90. The molecule has 3 N–H and O–H groups in total. The van der Waals surface area contributed by atoms with Crippen molar-refractivity contribution in [2.45, 2.75) is 56.8 Å². The largest absolute Gasteiger partial charge is 0.487 e. The number of aliphatic hydroxyl groups is 2. The summed E-state index contributed by atoms with van der Waals surface area (Å²) in [5.41, 5.74) is 1.06. The van der Waals surface area contributed by atoms with Gasteiger partial charge < -0.3 is 20.1 Å². The number of carbonyl (C=O) groups excluding carboxylic acids is 1. The van der Waals surface area contributed by atoms with E-state index in [1.165, 1.54) is 0 Å². The second kappa shape index (κ2) is 9.85. The number of aliphatic hydroxyl groups excluding tert-OH is 2. The molecule has 156 valence electrons. The van der Waals surface area contributed by atoms with Gasteiger partial charge in [-0.3, -0.25) is 9.59 Å². The smallest absolute Gasteiger partial charge is 0.303 e. The fourth-order valence-corrected chi connectivity index (χ4v) is 4.02. The summed E-state index contributed by atoms with van der Waals surface area (Å²) in [7, 11) is 0. The Morgan fingerprint density at radius 1 is 1.24 bits per heavy atom. The molecule has 5 atom stereocenters. The van der Waals surface area contributed by atoms with Gasteiger partial charge in [-0.1, -0.05) is 42.5 Å². The zero-order valence-electron chi connectivity index (χ0n) is 16.3. The molecule has 0 saturated heterocycles. The van der Waals surface area contributed by atoms with E-state index in [1.54, 1.807) is 12.2 Å². The standard InChI is InChI=1S/C23H28O6/c24-18(22-13-15-7-5-6-9-21(15)29-22)12-11-17-16(19(25)14-20(17)26)8-3-1-2-4-10-23(27)28/h1,3,5-7,9,11-12,16-18,20,22,24,26H,2,4,8,10,13-14H2,(H,27,28)/b3-1-,12-11+/t16-,17?,18+,20-,22?/m1/s1. The van der Waals surface area contributed by atoms with Gasteiger partial charge in [0.1, 0.15) is 23.7 Å². The van der Waals surface area contributed by atoms with Crippen molar-refractivity contribution in [2.24, 2.45) is 11.8 Å². The predicted octanol–water partition coefficient (Wildman–Crippen LogP) is 2.67. The number of unbranched alkanes of at least 4 members (excludes halogenated alkanes) is 1. The van der Waals surface area contributed by atoms with E-state index < -0.39 is 18.2 Å². The molecule has 3 rings (SSSR count). The average molecular weight is 400 g/mol. The van der Waals surface area contributed by atoms with Gasteiger partial charge in [0.05, 0.1) is 6.10 Å². The van der Waals surface area contributed by atoms with Crippen LogP contribution in [0.15, 0.2) is 48.6 Å². The Kier molecular flexibility index (Phi) is 7.23. The number of aliphatic carboxylic acids is 1. The molecule has 2 unspecified atom stereocenters. The van der Waals surface area contributed by atoms with E-state index in [-0.39, 0.29) is 36.6 Å². The molecule has 1 aromatic carbocycles. The molecule has 1 aromatic rings. The monoisotopic (exact) mass is 400 g/mol. The van der Waals surface area contributed by atoms with E-state index in [4.69, 9.17) is 9.84 Å². The summed E-state index contributed by atoms with van der Waals surface area (Å²) in [5, 5.41) is 29.4. The van der Waals surface area contributed by atoms with Crippen molar-refractivity contribution in [1.82, 2.24) is 0 Å². The van der Waals surface area contributed by atoms with Crippen LogP contribution in [0.3, 0.4) is 0 Å². The van der Waals surface area contributed by atoms with Gasteiger partial charge in [-0.25, -0.2) is 0 Å². The highest BCUT2D eigenvalue weighted by Crippen LogP contribution is 2.34. The third-order valence-electron chi connectivity index (χ3n) is 5.63. The van der Waals surface area contributed by atoms with E-state index in [9.17, 15) is 19.8 Å². The van der Waals surface area contributed by atoms with Crippen molar-refractivity contribution in [2.75, 3.05) is 0 Å². The number of Topliss-reactive ketones (excluding diaryl/α,β-unsaturated/α-hetero) is 1. The van der Waals surface area contributed by atoms with Gasteiger partial charge in [0.15, 0.2) is 0 Å². The Balaban J connectivity index is 1.54. The summed E-state index contributed by atoms with van der Waals surface area (Å²) in [6.45, 7) is 0. The molecule has 1 aliphatic carbocycles. The Morgan fingerprint density at radius 3 is 2.79 bits per heavy atom. The molecule has 6 nitrogen and oxygen atoms in total. The lowest BCUT2D eigenvalue weighted by Crippen LogP contribution is -2.29. The molecule has 0 spiro atoms. The van der Waals surface area contributed by atoms with Crippen molar-refractivity contribution < 1.29 is 29.6 Å². The summed E-state index contributed by atoms with van der Waals surface area (Å²) >= 11 is 0. The van der Waals surface area contributed by atoms with Crippen LogP contribution in [0.4, 0.5) is 0 Å². The van der Waals surface area contributed by atoms with Crippen LogP contribution in [0.2, 0.25) is 0 Å². The van der Waals surface area contributed by atoms with Crippen LogP contribution in [0.25, 0.3) is 0 Å². The minimum Gasteiger partial charge on any atom is -0.487 e. The molecule has 0 aromatic heterocycles. The third-order valence-corrected chi connectivity index (χ3v) is 5.63. The molecule has 1 heterocycles. The number of allylic oxidation sites excluding steroid dienone is 2. The molecule has 0 radical (unpaired) electrons. The summed E-state index contributed by atoms with van der Waals surface area (Å²) in [5.74, 6) is -0.686. The lowest BCUT2D eigenvalue weighted by molar-refractivity contribution is -0.137. The highest BCUT2D eigenvalue weighted by molar-refractivity contribution is 5.84. The summed E-state index contributed by atoms with van der Waals surface area (Å²) in [6.07, 6.45) is 7.78. The van der Waals surface area contributed by atoms with E-state index >= 15 is 0 Å². The number of hydrogen-bond acceptors (Lipinski definition) is 5. The molecule has 2 aliphatic rings. The van der Waals surface area contributed by atoms with Crippen molar-refractivity contribution in [3.63, 3.8) is 0 Å². The predicted molar refractivity (Wildman–Crippen MR) is 108 cm³/mol. The Hall–Kier alpha value is -2.44. The zero-order valence-corrected chi connectivity index (χ0v) is 16.3. The second-order valence-electron chi connectivity index (χ2n) is 7.76. The van der Waals surface area contributed by atoms with Crippen LogP contribution >= 0.6 is 0 Å². The van der Waals surface area contributed by atoms with Crippen LogP contribution in [0.1, 0.15) is 37.7 Å². The van der Waals surface area contributed by atoms with Crippen LogP contribution in [0.5, 0.6) is 5.75 Å². The number of carboxylic acid groups (broad SMARTS) is 1. The summed E-state index contributed by atoms with van der Waals surface area (Å²) in [6, 6.07) is 7.69. The number of para-hydroxylation sites is 1. The van der Waals surface area contributed by atoms with Crippen molar-refractivity contribution >= 4 is 11.8 Å². The molecule has 1 fully saturated rings. The van der Waals surface area contributed by atoms with Gasteiger partial charge in [-0.15, -0.1) is 0 Å². The molecular formula is C23H28O6. The Bertz CT molecular complexity index is 758. The molecule has 1 aliphatic heterocycles. The number of ketones is 1. The topological polar surface area (TPSA) is 104 Å². The number of carboxylic acids is 1. The first-order valence-electron chi connectivity index (χ1n) is 10.1. The average Bonchev–Trinajstić information content (AvgIpc) is 3.23. The maximum absolute atomic E-state index is 12.3. The van der Waals surface area contributed by atoms with Crippen LogP contribution in [-0.4, -0.2) is 45.4 Å². The van der Waals surface area contributed by atoms with Gasteiger partial charge >= 0.3 is 5.97 Å². The normalized spacial score (nSPS) is 27.4. The first-order valence-corrected chi connectivity index (χ1v) is 10.1. The minimum absolute atomic E-state index is 0.0151. The maximum atomic E-state index is 12.3. The van der Waals surface area contributed by atoms with E-state index in [1.807, 2.05) is 36.4 Å². The maximum Gasteiger partial charge on any atom is 0.303 e. The third kappa shape index (κ3) is 5.55. The fraction of sp³-hybridized carbons (Fsp3) is 0.478. The Labute approximate surface area is 170 Å². The van der Waals surface area contributed by atoms with E-state index in [0.717, 1.165) is 11.3 Å². The highest BCUT2D eigenvalue weighted by Gasteiger charge is 2.39. The van der Waals surface area contributed by atoms with Crippen LogP contribution in [-0.2, 0) is 16.0 Å². The number of fused-ring (bicyclic) bond motifs is 1. The fourth-order valence-electron chi connectivity index (χ4n) is 4.02. The minimum atomic E-state index is -0.822. The number of carbonyl (C=O) groups is 2. The number of hydrogen-bond donors (Lipinski definition) is 3. The van der Waals surface area contributed by atoms with Crippen molar-refractivity contribution in [1.29, 1.82) is 0 Å². The van der Waals surface area contributed by atoms with Gasteiger partial charge in [0.25, 0.3) is 0 Å². The summed E-state index contributed by atoms with van der Waals surface area (Å²) in [4.78, 5) is 22.8. The van der Waals surface area contributed by atoms with Crippen LogP contribution in [0, 0.1) is 11.8 Å². The number of ether oxygens (including phenoxy) is 1. The van der Waals surface area contributed by atoms with E-state index in [0.29, 0.717) is 25.7 Å². The molecule has 1 saturated carbocycles. The van der Waals surface area contributed by atoms with Crippen molar-refractivity contribution in [3.05, 3.63) is 54.1 Å². The number of rotatable bonds is 9. The van der Waals surface area contributed by atoms with Crippen molar-refractivity contribution in [3.8, 4) is 5.75 Å². The molecule has 29 heavy (non-hydrogen) atoms. The SMILES string of the molecule is O=C(O)CCC/C=C\C[C@H]1C(=O)C[C@@H](O)C1/C=C/[C@H](O)C1Cc2ccccc2O1. The van der Waals surface area contributed by atoms with Gasteiger partial charge in [-0.2, -0.15) is 0 Å². The first kappa shape index (κ1) is 21.3. The zero-order chi connectivity index (χ0) is 20.8. The van der Waals surface area contributed by atoms with Gasteiger partial charge in [0, 0.05) is 31.1 Å². The first-order chi connectivity index (χ1) is 14.0. The Morgan fingerprint density at radius 2 is 2.03 bits per heavy atom. The summed E-state index contributed by atoms with van der Waals surface area (Å²) < 4.78 is 5.79. The van der Waals surface area contributed by atoms with E-state index in [2.05, 4.69) is 0 Å². The number of benzene rings is 1. The second-order valence-corrected chi connectivity index (χ2v) is 7.76. The van der Waals surface area contributed by atoms with Crippen LogP contribution < -0.4 is 4.74 Å². The molecule has 6 heteroatoms. The quantitative estimate of drug-likeness (QED) is 0.435. The van der Waals surface area contributed by atoms with Gasteiger partial charge in [-0.05, 0) is 30.9 Å². The highest BCUT2D eigenvalue weighted by atomic mass is 16.5. The van der Waals surface area contributed by atoms with Gasteiger partial charge in [0.2, 0.25) is 0 Å². The molecular weight excluding hydrogens is 372 g/mol. The molecule has 0 bridgehead atoms.